The number of aryl methyl sites for hydroxylation is 1. The van der Waals surface area contributed by atoms with E-state index in [1.54, 1.807) is 0 Å². The Morgan fingerprint density at radius 3 is 2.52 bits per heavy atom. The van der Waals surface area contributed by atoms with E-state index in [4.69, 9.17) is 0 Å². The fourth-order valence-corrected chi connectivity index (χ4v) is 3.07. The number of rotatable bonds is 3. The number of sulfonamides is 1. The van der Waals surface area contributed by atoms with Gasteiger partial charge in [-0.3, -0.25) is 9.71 Å². The van der Waals surface area contributed by atoms with Gasteiger partial charge in [0.05, 0.1) is 21.7 Å². The van der Waals surface area contributed by atoms with Crippen LogP contribution in [0, 0.1) is 27.9 Å². The molecule has 2 rings (SSSR count). The van der Waals surface area contributed by atoms with Gasteiger partial charge in [0.1, 0.15) is 10.7 Å². The zero-order valence-electron chi connectivity index (χ0n) is 10.4. The molecule has 0 aliphatic carbocycles. The molecule has 0 bridgehead atoms. The van der Waals surface area contributed by atoms with E-state index in [0.29, 0.717) is 6.20 Å². The average Bonchev–Trinajstić information content (AvgIpc) is 2.42. The van der Waals surface area contributed by atoms with Gasteiger partial charge in [-0.05, 0) is 35.6 Å². The second-order valence-corrected chi connectivity index (χ2v) is 6.65. The topological polar surface area (TPSA) is 72.0 Å². The Morgan fingerprint density at radius 1 is 1.19 bits per heavy atom. The minimum absolute atomic E-state index is 0.0288. The van der Waals surface area contributed by atoms with Crippen LogP contribution in [0.4, 0.5) is 19.0 Å². The standard InChI is InChI=1S/C11H7F3IN3O2S/c1-5-8(2-6(12)3-16-5)21(19,20)18-11-9(14)10(15)7(13)4-17-11/h2-4H,1H3,(H,17,18). The number of halogens is 4. The fraction of sp³-hybridized carbons (Fsp3) is 0.0909. The second kappa shape index (κ2) is 5.75. The zero-order valence-corrected chi connectivity index (χ0v) is 13.3. The maximum atomic E-state index is 13.8. The molecule has 2 heterocycles. The molecule has 1 N–H and O–H groups in total. The normalized spacial score (nSPS) is 11.5. The van der Waals surface area contributed by atoms with E-state index in [9.17, 15) is 21.6 Å². The summed E-state index contributed by atoms with van der Waals surface area (Å²) in [6, 6.07) is 0.747. The Balaban J connectivity index is 2.47. The first-order valence-corrected chi connectivity index (χ1v) is 7.93. The quantitative estimate of drug-likeness (QED) is 0.762. The van der Waals surface area contributed by atoms with Gasteiger partial charge in [-0.1, -0.05) is 0 Å². The van der Waals surface area contributed by atoms with Crippen LogP contribution in [0.2, 0.25) is 0 Å². The van der Waals surface area contributed by atoms with Crippen molar-refractivity contribution in [3.63, 3.8) is 0 Å². The highest BCUT2D eigenvalue weighted by Gasteiger charge is 2.22. The van der Waals surface area contributed by atoms with Gasteiger partial charge in [0.25, 0.3) is 10.0 Å². The van der Waals surface area contributed by atoms with Gasteiger partial charge in [0, 0.05) is 0 Å². The number of pyridine rings is 2. The highest BCUT2D eigenvalue weighted by molar-refractivity contribution is 14.1. The first-order chi connectivity index (χ1) is 9.72. The molecule has 21 heavy (non-hydrogen) atoms. The van der Waals surface area contributed by atoms with Crippen LogP contribution in [-0.2, 0) is 10.0 Å². The predicted molar refractivity (Wildman–Crippen MR) is 76.6 cm³/mol. The monoisotopic (exact) mass is 429 g/mol. The highest BCUT2D eigenvalue weighted by atomic mass is 127. The molecular weight excluding hydrogens is 422 g/mol. The van der Waals surface area contributed by atoms with Crippen LogP contribution in [0.5, 0.6) is 0 Å². The van der Waals surface area contributed by atoms with E-state index in [1.807, 2.05) is 4.72 Å². The molecule has 0 aromatic carbocycles. The van der Waals surface area contributed by atoms with E-state index in [1.165, 1.54) is 29.5 Å². The van der Waals surface area contributed by atoms with E-state index < -0.39 is 41.8 Å². The van der Waals surface area contributed by atoms with Crippen molar-refractivity contribution in [3.8, 4) is 0 Å². The summed E-state index contributed by atoms with van der Waals surface area (Å²) in [6.45, 7) is 1.35. The average molecular weight is 429 g/mol. The molecule has 10 heteroatoms. The van der Waals surface area contributed by atoms with Crippen molar-refractivity contribution in [3.05, 3.63) is 45.2 Å². The summed E-state index contributed by atoms with van der Waals surface area (Å²) in [7, 11) is -4.30. The third-order valence-corrected chi connectivity index (χ3v) is 4.89. The van der Waals surface area contributed by atoms with Gasteiger partial charge >= 0.3 is 0 Å². The number of aromatic nitrogens is 2. The molecule has 0 spiro atoms. The SMILES string of the molecule is Cc1ncc(F)cc1S(=O)(=O)Nc1ncc(F)c(I)c1F. The van der Waals surface area contributed by atoms with Gasteiger partial charge in [-0.15, -0.1) is 0 Å². The summed E-state index contributed by atoms with van der Waals surface area (Å²) in [5, 5.41) is 0. The summed E-state index contributed by atoms with van der Waals surface area (Å²) in [6.07, 6.45) is 1.54. The first kappa shape index (κ1) is 15.9. The Kier molecular flexibility index (Phi) is 4.37. The van der Waals surface area contributed by atoms with Crippen LogP contribution in [-0.4, -0.2) is 18.4 Å². The molecule has 0 atom stereocenters. The van der Waals surface area contributed by atoms with Gasteiger partial charge in [-0.2, -0.15) is 0 Å². The van der Waals surface area contributed by atoms with E-state index in [-0.39, 0.29) is 5.69 Å². The lowest BCUT2D eigenvalue weighted by Gasteiger charge is -2.10. The molecule has 0 unspecified atom stereocenters. The van der Waals surface area contributed by atoms with E-state index in [0.717, 1.165) is 12.3 Å². The Bertz CT molecular complexity index is 815. The number of nitrogens with zero attached hydrogens (tertiary/aromatic N) is 2. The molecule has 0 aliphatic heterocycles. The van der Waals surface area contributed by atoms with E-state index >= 15 is 0 Å². The van der Waals surface area contributed by atoms with Crippen molar-refractivity contribution in [1.29, 1.82) is 0 Å². The Labute approximate surface area is 131 Å². The number of nitrogens with one attached hydrogen (secondary N) is 1. The molecule has 0 radical (unpaired) electrons. The molecule has 5 nitrogen and oxygen atoms in total. The number of anilines is 1. The van der Waals surface area contributed by atoms with Crippen LogP contribution in [0.1, 0.15) is 5.69 Å². The summed E-state index contributed by atoms with van der Waals surface area (Å²) in [4.78, 5) is 6.46. The van der Waals surface area contributed by atoms with Gasteiger partial charge < -0.3 is 0 Å². The van der Waals surface area contributed by atoms with Crippen molar-refractivity contribution in [2.75, 3.05) is 4.72 Å². The maximum absolute atomic E-state index is 13.8. The molecule has 0 saturated heterocycles. The summed E-state index contributed by atoms with van der Waals surface area (Å²) >= 11 is 1.38. The van der Waals surface area contributed by atoms with Crippen LogP contribution in [0.25, 0.3) is 0 Å². The molecule has 2 aromatic heterocycles. The lowest BCUT2D eigenvalue weighted by molar-refractivity contribution is 0.562. The van der Waals surface area contributed by atoms with Crippen molar-refractivity contribution in [1.82, 2.24) is 9.97 Å². The summed E-state index contributed by atoms with van der Waals surface area (Å²) in [5.74, 6) is -3.60. The summed E-state index contributed by atoms with van der Waals surface area (Å²) < 4.78 is 65.6. The largest absolute Gasteiger partial charge is 0.265 e. The molecular formula is C11H7F3IN3O2S. The highest BCUT2D eigenvalue weighted by Crippen LogP contribution is 2.23. The fourth-order valence-electron chi connectivity index (χ4n) is 1.46. The Hall–Kier alpha value is -1.43. The minimum atomic E-state index is -4.30. The van der Waals surface area contributed by atoms with Crippen molar-refractivity contribution in [2.45, 2.75) is 11.8 Å². The van der Waals surface area contributed by atoms with Crippen molar-refractivity contribution < 1.29 is 21.6 Å². The predicted octanol–water partition coefficient (Wildman–Crippen LogP) is 2.61. The molecule has 112 valence electrons. The minimum Gasteiger partial charge on any atom is -0.261 e. The third-order valence-electron chi connectivity index (χ3n) is 2.44. The van der Waals surface area contributed by atoms with Gasteiger partial charge in [0.2, 0.25) is 0 Å². The van der Waals surface area contributed by atoms with Crippen LogP contribution in [0.3, 0.4) is 0 Å². The van der Waals surface area contributed by atoms with Crippen molar-refractivity contribution in [2.24, 2.45) is 0 Å². The van der Waals surface area contributed by atoms with Gasteiger partial charge in [0.15, 0.2) is 17.5 Å². The van der Waals surface area contributed by atoms with Gasteiger partial charge in [-0.25, -0.2) is 26.6 Å². The molecule has 0 saturated carbocycles. The molecule has 0 fully saturated rings. The third kappa shape index (κ3) is 3.26. The zero-order chi connectivity index (χ0) is 15.8. The number of hydrogen-bond donors (Lipinski definition) is 1. The first-order valence-electron chi connectivity index (χ1n) is 5.37. The number of hydrogen-bond acceptors (Lipinski definition) is 4. The lowest BCUT2D eigenvalue weighted by atomic mass is 10.4. The van der Waals surface area contributed by atoms with Crippen LogP contribution < -0.4 is 4.72 Å². The van der Waals surface area contributed by atoms with E-state index in [2.05, 4.69) is 9.97 Å². The van der Waals surface area contributed by atoms with Crippen LogP contribution >= 0.6 is 22.6 Å². The van der Waals surface area contributed by atoms with Crippen LogP contribution in [0.15, 0.2) is 23.4 Å². The maximum Gasteiger partial charge on any atom is 0.265 e. The molecule has 2 aromatic rings. The molecule has 0 aliphatic rings. The summed E-state index contributed by atoms with van der Waals surface area (Å²) in [5.41, 5.74) is 0.0288. The lowest BCUT2D eigenvalue weighted by Crippen LogP contribution is -2.17. The van der Waals surface area contributed by atoms with Crippen molar-refractivity contribution >= 4 is 38.4 Å². The molecule has 0 amide bonds. The smallest absolute Gasteiger partial charge is 0.261 e. The Morgan fingerprint density at radius 2 is 1.86 bits per heavy atom. The second-order valence-electron chi connectivity index (χ2n) is 3.93.